The van der Waals surface area contributed by atoms with Gasteiger partial charge in [0.05, 0.1) is 11.1 Å². The topological polar surface area (TPSA) is 42.0 Å². The summed E-state index contributed by atoms with van der Waals surface area (Å²) in [4.78, 5) is 15.6. The first kappa shape index (κ1) is 14.0. The van der Waals surface area contributed by atoms with Crippen molar-refractivity contribution in [1.82, 2.24) is 4.98 Å². The summed E-state index contributed by atoms with van der Waals surface area (Å²) >= 11 is 4.09. The summed E-state index contributed by atoms with van der Waals surface area (Å²) in [5.41, 5.74) is -1.43. The van der Waals surface area contributed by atoms with E-state index in [1.165, 1.54) is 12.3 Å². The van der Waals surface area contributed by atoms with Gasteiger partial charge in [-0.2, -0.15) is 13.2 Å². The van der Waals surface area contributed by atoms with Gasteiger partial charge in [0, 0.05) is 16.0 Å². The zero-order valence-electron chi connectivity index (χ0n) is 9.16. The molecule has 0 fully saturated rings. The maximum absolute atomic E-state index is 12.9. The Morgan fingerprint density at radius 2 is 2.11 bits per heavy atom. The van der Waals surface area contributed by atoms with Gasteiger partial charge >= 0.3 is 6.18 Å². The molecule has 19 heavy (non-hydrogen) atoms. The van der Waals surface area contributed by atoms with Crippen molar-refractivity contribution in [3.05, 3.63) is 45.4 Å². The fourth-order valence-electron chi connectivity index (χ4n) is 1.40. The quantitative estimate of drug-likeness (QED) is 0.882. The second-order valence-corrected chi connectivity index (χ2v) is 5.29. The molecule has 0 bridgehead atoms. The third-order valence-electron chi connectivity index (χ3n) is 2.18. The van der Waals surface area contributed by atoms with Gasteiger partial charge in [-0.3, -0.25) is 10.1 Å². The van der Waals surface area contributed by atoms with Gasteiger partial charge in [-0.1, -0.05) is 15.9 Å². The fraction of sp³-hybridized carbons (Fsp3) is 0.0909. The molecule has 8 heteroatoms. The number of carbonyl (C=O) groups excluding carboxylic acids is 1. The highest BCUT2D eigenvalue weighted by atomic mass is 79.9. The molecule has 1 amide bonds. The molecule has 1 aromatic carbocycles. The number of benzene rings is 1. The summed E-state index contributed by atoms with van der Waals surface area (Å²) in [5.74, 6) is -0.838. The summed E-state index contributed by atoms with van der Waals surface area (Å²) in [6.45, 7) is 0. The second-order valence-electron chi connectivity index (χ2n) is 3.48. The maximum atomic E-state index is 12.9. The summed E-state index contributed by atoms with van der Waals surface area (Å²) in [7, 11) is 0. The predicted molar refractivity (Wildman–Crippen MR) is 69.2 cm³/mol. The number of carbonyl (C=O) groups is 1. The number of thiazole rings is 1. The Balaban J connectivity index is 2.36. The van der Waals surface area contributed by atoms with Crippen molar-refractivity contribution in [1.29, 1.82) is 0 Å². The largest absolute Gasteiger partial charge is 0.417 e. The average molecular weight is 351 g/mol. The van der Waals surface area contributed by atoms with Gasteiger partial charge in [-0.25, -0.2) is 4.98 Å². The number of anilines is 1. The summed E-state index contributed by atoms with van der Waals surface area (Å²) in [6, 6.07) is 3.37. The number of amides is 1. The van der Waals surface area contributed by atoms with Gasteiger partial charge < -0.3 is 0 Å². The van der Waals surface area contributed by atoms with Crippen LogP contribution in [0.3, 0.4) is 0 Å². The van der Waals surface area contributed by atoms with Crippen LogP contribution in [0.15, 0.2) is 34.2 Å². The second kappa shape index (κ2) is 5.30. The highest BCUT2D eigenvalue weighted by Crippen LogP contribution is 2.34. The summed E-state index contributed by atoms with van der Waals surface area (Å²) in [5, 5.41) is 4.19. The number of hydrogen-bond acceptors (Lipinski definition) is 3. The van der Waals surface area contributed by atoms with Crippen LogP contribution in [0, 0.1) is 0 Å². The Morgan fingerprint density at radius 3 is 2.68 bits per heavy atom. The van der Waals surface area contributed by atoms with Crippen molar-refractivity contribution in [3.8, 4) is 0 Å². The molecule has 0 aliphatic carbocycles. The molecular weight excluding hydrogens is 345 g/mol. The van der Waals surface area contributed by atoms with Crippen molar-refractivity contribution in [2.24, 2.45) is 0 Å². The van der Waals surface area contributed by atoms with Gasteiger partial charge in [0.15, 0.2) is 5.13 Å². The molecule has 2 aromatic rings. The molecule has 0 spiro atoms. The van der Waals surface area contributed by atoms with E-state index in [0.29, 0.717) is 0 Å². The first-order chi connectivity index (χ1) is 8.88. The molecule has 1 aromatic heterocycles. The van der Waals surface area contributed by atoms with Crippen LogP contribution in [-0.4, -0.2) is 10.9 Å². The van der Waals surface area contributed by atoms with Crippen molar-refractivity contribution in [2.45, 2.75) is 6.18 Å². The van der Waals surface area contributed by atoms with E-state index in [2.05, 4.69) is 26.2 Å². The van der Waals surface area contributed by atoms with Crippen LogP contribution in [0.5, 0.6) is 0 Å². The third-order valence-corrected chi connectivity index (χ3v) is 3.37. The first-order valence-corrected chi connectivity index (χ1v) is 6.63. The number of aromatic nitrogens is 1. The lowest BCUT2D eigenvalue weighted by atomic mass is 10.1. The van der Waals surface area contributed by atoms with E-state index in [-0.39, 0.29) is 9.60 Å². The van der Waals surface area contributed by atoms with E-state index < -0.39 is 23.2 Å². The molecule has 0 aliphatic heterocycles. The zero-order chi connectivity index (χ0) is 14.0. The first-order valence-electron chi connectivity index (χ1n) is 4.95. The normalized spacial score (nSPS) is 11.4. The Bertz CT molecular complexity index is 598. The number of alkyl halides is 3. The highest BCUT2D eigenvalue weighted by Gasteiger charge is 2.35. The van der Waals surface area contributed by atoms with Crippen LogP contribution < -0.4 is 5.32 Å². The highest BCUT2D eigenvalue weighted by molar-refractivity contribution is 9.10. The minimum atomic E-state index is -4.60. The Hall–Kier alpha value is -1.41. The third kappa shape index (κ3) is 3.32. The molecule has 0 atom stereocenters. The minimum absolute atomic E-state index is 0.251. The maximum Gasteiger partial charge on any atom is 0.417 e. The molecule has 100 valence electrons. The van der Waals surface area contributed by atoms with E-state index in [9.17, 15) is 18.0 Å². The molecule has 0 aliphatic rings. The zero-order valence-corrected chi connectivity index (χ0v) is 11.6. The Morgan fingerprint density at radius 1 is 1.37 bits per heavy atom. The number of nitrogens with one attached hydrogen (secondary N) is 1. The molecule has 3 nitrogen and oxygen atoms in total. The smallest absolute Gasteiger partial charge is 0.298 e. The molecule has 1 N–H and O–H groups in total. The lowest BCUT2D eigenvalue weighted by molar-refractivity contribution is -0.137. The molecule has 2 rings (SSSR count). The van der Waals surface area contributed by atoms with E-state index in [1.54, 1.807) is 5.38 Å². The number of nitrogens with zero attached hydrogens (tertiary/aromatic N) is 1. The number of rotatable bonds is 2. The van der Waals surface area contributed by atoms with Crippen LogP contribution in [-0.2, 0) is 6.18 Å². The van der Waals surface area contributed by atoms with Crippen molar-refractivity contribution < 1.29 is 18.0 Å². The van der Waals surface area contributed by atoms with Crippen LogP contribution in [0.25, 0.3) is 0 Å². The van der Waals surface area contributed by atoms with Gasteiger partial charge in [-0.05, 0) is 18.2 Å². The Labute approximate surface area is 118 Å². The molecule has 0 saturated carbocycles. The molecule has 1 heterocycles. The van der Waals surface area contributed by atoms with Crippen LogP contribution in [0.2, 0.25) is 0 Å². The van der Waals surface area contributed by atoms with Gasteiger partial charge in [0.25, 0.3) is 5.91 Å². The van der Waals surface area contributed by atoms with Crippen molar-refractivity contribution in [3.63, 3.8) is 0 Å². The average Bonchev–Trinajstić information content (AvgIpc) is 2.80. The van der Waals surface area contributed by atoms with Crippen LogP contribution in [0.4, 0.5) is 18.3 Å². The standard InChI is InChI=1S/C11H6BrF3N2OS/c12-6-1-2-7(8(5-6)11(13,14)15)9(18)17-10-16-3-4-19-10/h1-5H,(H,16,17,18). The lowest BCUT2D eigenvalue weighted by Crippen LogP contribution is -2.18. The van der Waals surface area contributed by atoms with Crippen molar-refractivity contribution in [2.75, 3.05) is 5.32 Å². The van der Waals surface area contributed by atoms with E-state index >= 15 is 0 Å². The number of halogens is 4. The van der Waals surface area contributed by atoms with E-state index in [0.717, 1.165) is 23.5 Å². The van der Waals surface area contributed by atoms with Crippen molar-refractivity contribution >= 4 is 38.3 Å². The van der Waals surface area contributed by atoms with E-state index in [4.69, 9.17) is 0 Å². The van der Waals surface area contributed by atoms with Crippen LogP contribution >= 0.6 is 27.3 Å². The summed E-state index contributed by atoms with van der Waals surface area (Å²) < 4.78 is 38.8. The van der Waals surface area contributed by atoms with E-state index in [1.807, 2.05) is 0 Å². The lowest BCUT2D eigenvalue weighted by Gasteiger charge is -2.12. The molecule has 0 radical (unpaired) electrons. The predicted octanol–water partition coefficient (Wildman–Crippen LogP) is 4.18. The van der Waals surface area contributed by atoms with Gasteiger partial charge in [0.2, 0.25) is 0 Å². The SMILES string of the molecule is O=C(Nc1nccs1)c1ccc(Br)cc1C(F)(F)F. The molecular formula is C11H6BrF3N2OS. The Kier molecular flexibility index (Phi) is 3.91. The number of hydrogen-bond donors (Lipinski definition) is 1. The fourth-order valence-corrected chi connectivity index (χ4v) is 2.28. The van der Waals surface area contributed by atoms with Gasteiger partial charge in [-0.15, -0.1) is 11.3 Å². The van der Waals surface area contributed by atoms with Gasteiger partial charge in [0.1, 0.15) is 0 Å². The monoisotopic (exact) mass is 350 g/mol. The molecule has 0 unspecified atom stereocenters. The van der Waals surface area contributed by atoms with Crippen LogP contribution in [0.1, 0.15) is 15.9 Å². The molecule has 0 saturated heterocycles. The summed E-state index contributed by atoms with van der Waals surface area (Å²) in [6.07, 6.45) is -3.15. The minimum Gasteiger partial charge on any atom is -0.298 e.